The number of benzene rings is 1. The maximum Gasteiger partial charge on any atom is 0.328 e. The molecule has 0 aliphatic carbocycles. The Morgan fingerprint density at radius 3 is 2.12 bits per heavy atom. The van der Waals surface area contributed by atoms with Crippen molar-refractivity contribution in [3.05, 3.63) is 48.0 Å². The van der Waals surface area contributed by atoms with Gasteiger partial charge in [0.25, 0.3) is 11.8 Å². The minimum atomic E-state index is -1.07. The number of ether oxygens (including phenoxy) is 3. The first-order valence-electron chi connectivity index (χ1n) is 23.4. The minimum absolute atomic E-state index is 0.0332. The van der Waals surface area contributed by atoms with Crippen LogP contribution in [0.5, 0.6) is 0 Å². The van der Waals surface area contributed by atoms with Gasteiger partial charge in [-0.25, -0.2) is 4.79 Å². The Labute approximate surface area is 391 Å². The molecule has 0 spiro atoms. The van der Waals surface area contributed by atoms with Gasteiger partial charge in [-0.3, -0.25) is 38.5 Å². The molecule has 3 rings (SSSR count). The number of carbonyl (C=O) groups excluding carboxylic acids is 8. The van der Waals surface area contributed by atoms with Crippen LogP contribution in [0.1, 0.15) is 105 Å². The van der Waals surface area contributed by atoms with Crippen LogP contribution >= 0.6 is 0 Å². The summed E-state index contributed by atoms with van der Waals surface area (Å²) in [4.78, 5) is 110. The molecule has 0 unspecified atom stereocenters. The fourth-order valence-corrected chi connectivity index (χ4v) is 8.74. The topological polar surface area (TPSA) is 210 Å². The van der Waals surface area contributed by atoms with Gasteiger partial charge in [0.1, 0.15) is 12.1 Å². The van der Waals surface area contributed by atoms with Gasteiger partial charge in [-0.15, -0.1) is 0 Å². The van der Waals surface area contributed by atoms with Crippen LogP contribution in [-0.4, -0.2) is 146 Å². The molecule has 1 aromatic carbocycles. The highest BCUT2D eigenvalue weighted by Gasteiger charge is 2.44. The highest BCUT2D eigenvalue weighted by molar-refractivity contribution is 6.12. The van der Waals surface area contributed by atoms with Gasteiger partial charge in [-0.05, 0) is 56.9 Å². The SMILES string of the molecule is CC[C@H](C)[C@@H]([C@@H](CC(=O)N1CCC[C@H]1[C@H](OC)[C@@H](C)C(=O)N[C@@H](Cc1ccccc1)C(=O)OC)OC)N(C)C(=O)[C@@H](NC(=O)C(C)(C)CNC(=O)CCCCCN1C(=O)C=CC1=O)C(C)C. The standard InChI is InChI=1S/C49H76N6O11/c1-12-32(4)43(53(8)46(61)42(31(2)3)52-48(63)49(6,7)30-50-38(56)23-17-14-18-26-55-39(57)24-25-40(55)58)37(64-9)29-41(59)54-27-19-22-36(54)44(65-10)33(5)45(60)51-35(47(62)66-11)28-34-20-15-13-16-21-34/h13,15-16,20-21,24-25,31-33,35-37,42-44H,12,14,17-19,22-23,26-30H2,1-11H3,(H,50,56)(H,51,60)(H,52,63)/t32-,33+,35-,36-,37+,42-,43-,44+/m0/s1. The molecule has 0 aromatic heterocycles. The molecule has 8 atom stereocenters. The number of amides is 7. The molecule has 7 amide bonds. The summed E-state index contributed by atoms with van der Waals surface area (Å²) in [6.07, 6.45) is 5.19. The molecule has 17 heteroatoms. The molecule has 0 bridgehead atoms. The van der Waals surface area contributed by atoms with E-state index in [1.165, 1.54) is 38.4 Å². The number of imide groups is 1. The summed E-state index contributed by atoms with van der Waals surface area (Å²) < 4.78 is 17.0. The van der Waals surface area contributed by atoms with Crippen molar-refractivity contribution in [3.8, 4) is 0 Å². The average Bonchev–Trinajstić information content (AvgIpc) is 3.91. The number of unbranched alkanes of at least 4 members (excludes halogenated alkanes) is 2. The van der Waals surface area contributed by atoms with Crippen LogP contribution in [0, 0.1) is 23.2 Å². The second-order valence-corrected chi connectivity index (χ2v) is 18.7. The Morgan fingerprint density at radius 2 is 1.55 bits per heavy atom. The van der Waals surface area contributed by atoms with Crippen molar-refractivity contribution >= 4 is 47.3 Å². The number of nitrogens with zero attached hydrogens (tertiary/aromatic N) is 3. The van der Waals surface area contributed by atoms with Gasteiger partial charge in [0, 0.05) is 65.9 Å². The Bertz CT molecular complexity index is 1840. The molecule has 0 saturated carbocycles. The molecule has 368 valence electrons. The zero-order chi connectivity index (χ0) is 49.3. The zero-order valence-corrected chi connectivity index (χ0v) is 41.1. The smallest absolute Gasteiger partial charge is 0.328 e. The Morgan fingerprint density at radius 1 is 0.894 bits per heavy atom. The maximum atomic E-state index is 14.5. The van der Waals surface area contributed by atoms with Crippen LogP contribution in [0.15, 0.2) is 42.5 Å². The van der Waals surface area contributed by atoms with Crippen LogP contribution < -0.4 is 16.0 Å². The van der Waals surface area contributed by atoms with Crippen LogP contribution in [0.25, 0.3) is 0 Å². The first-order chi connectivity index (χ1) is 31.2. The van der Waals surface area contributed by atoms with Crippen LogP contribution in [0.2, 0.25) is 0 Å². The number of carbonyl (C=O) groups is 8. The number of rotatable bonds is 27. The third-order valence-electron chi connectivity index (χ3n) is 13.1. The van der Waals surface area contributed by atoms with Crippen molar-refractivity contribution in [2.75, 3.05) is 48.0 Å². The van der Waals surface area contributed by atoms with Crippen molar-refractivity contribution in [3.63, 3.8) is 0 Å². The van der Waals surface area contributed by atoms with E-state index in [4.69, 9.17) is 14.2 Å². The van der Waals surface area contributed by atoms with E-state index in [2.05, 4.69) is 16.0 Å². The summed E-state index contributed by atoms with van der Waals surface area (Å²) >= 11 is 0. The van der Waals surface area contributed by atoms with Gasteiger partial charge < -0.3 is 40.0 Å². The molecular formula is C49H76N6O11. The summed E-state index contributed by atoms with van der Waals surface area (Å²) in [6.45, 7) is 13.5. The van der Waals surface area contributed by atoms with Gasteiger partial charge in [0.15, 0.2) is 0 Å². The molecule has 66 heavy (non-hydrogen) atoms. The van der Waals surface area contributed by atoms with Gasteiger partial charge in [0.2, 0.25) is 29.5 Å². The average molecular weight is 925 g/mol. The molecule has 2 aliphatic heterocycles. The lowest BCUT2D eigenvalue weighted by molar-refractivity contribution is -0.149. The van der Waals surface area contributed by atoms with E-state index < -0.39 is 65.5 Å². The van der Waals surface area contributed by atoms with E-state index in [0.29, 0.717) is 51.6 Å². The van der Waals surface area contributed by atoms with Crippen LogP contribution in [-0.2, 0) is 59.0 Å². The number of nitrogens with one attached hydrogen (secondary N) is 3. The first kappa shape index (κ1) is 55.2. The summed E-state index contributed by atoms with van der Waals surface area (Å²) in [6, 6.07) is 6.47. The third kappa shape index (κ3) is 15.2. The molecular weight excluding hydrogens is 849 g/mol. The van der Waals surface area contributed by atoms with E-state index >= 15 is 0 Å². The van der Waals surface area contributed by atoms with Gasteiger partial charge in [-0.1, -0.05) is 77.8 Å². The summed E-state index contributed by atoms with van der Waals surface area (Å²) in [5, 5.41) is 8.64. The van der Waals surface area contributed by atoms with Gasteiger partial charge in [0.05, 0.1) is 49.2 Å². The Hall–Kier alpha value is -5.16. The largest absolute Gasteiger partial charge is 0.467 e. The molecule has 1 aromatic rings. The van der Waals surface area contributed by atoms with Crippen molar-refractivity contribution in [1.29, 1.82) is 0 Å². The molecule has 2 aliphatic rings. The van der Waals surface area contributed by atoms with Crippen molar-refractivity contribution in [2.45, 2.75) is 143 Å². The number of hydrogen-bond donors (Lipinski definition) is 3. The lowest BCUT2D eigenvalue weighted by Gasteiger charge is -2.41. The van der Waals surface area contributed by atoms with Crippen LogP contribution in [0.4, 0.5) is 0 Å². The lowest BCUT2D eigenvalue weighted by Crippen LogP contribution is -2.59. The van der Waals surface area contributed by atoms with Crippen molar-refractivity contribution < 1.29 is 52.6 Å². The number of esters is 1. The summed E-state index contributed by atoms with van der Waals surface area (Å²) in [5.41, 5.74) is -0.217. The van der Waals surface area contributed by atoms with E-state index in [0.717, 1.165) is 5.56 Å². The molecule has 0 radical (unpaired) electrons. The minimum Gasteiger partial charge on any atom is -0.467 e. The van der Waals surface area contributed by atoms with Gasteiger partial charge in [-0.2, -0.15) is 0 Å². The van der Waals surface area contributed by atoms with Crippen molar-refractivity contribution in [1.82, 2.24) is 30.7 Å². The maximum absolute atomic E-state index is 14.5. The molecule has 1 fully saturated rings. The quantitative estimate of drug-likeness (QED) is 0.0660. The first-order valence-corrected chi connectivity index (χ1v) is 23.4. The fraction of sp³-hybridized carbons (Fsp3) is 0.673. The number of likely N-dealkylation sites (N-methyl/N-ethyl adjacent to an activating group) is 1. The fourth-order valence-electron chi connectivity index (χ4n) is 8.74. The number of likely N-dealkylation sites (tertiary alicyclic amines) is 1. The summed E-state index contributed by atoms with van der Waals surface area (Å²) in [5.74, 6) is -4.02. The summed E-state index contributed by atoms with van der Waals surface area (Å²) in [7, 11) is 5.96. The number of methoxy groups -OCH3 is 3. The molecule has 17 nitrogen and oxygen atoms in total. The molecule has 3 N–H and O–H groups in total. The van der Waals surface area contributed by atoms with Crippen LogP contribution in [0.3, 0.4) is 0 Å². The van der Waals surface area contributed by atoms with Crippen molar-refractivity contribution in [2.24, 2.45) is 23.2 Å². The highest BCUT2D eigenvalue weighted by atomic mass is 16.5. The van der Waals surface area contributed by atoms with E-state index in [1.807, 2.05) is 58.0 Å². The third-order valence-corrected chi connectivity index (χ3v) is 13.1. The lowest BCUT2D eigenvalue weighted by atomic mass is 9.88. The monoisotopic (exact) mass is 925 g/mol. The van der Waals surface area contributed by atoms with E-state index in [-0.39, 0.29) is 67.2 Å². The highest BCUT2D eigenvalue weighted by Crippen LogP contribution is 2.30. The zero-order valence-electron chi connectivity index (χ0n) is 41.1. The normalized spacial score (nSPS) is 18.3. The number of hydrogen-bond acceptors (Lipinski definition) is 11. The Balaban J connectivity index is 1.65. The molecule has 2 heterocycles. The van der Waals surface area contributed by atoms with E-state index in [1.54, 1.807) is 37.6 Å². The predicted molar refractivity (Wildman–Crippen MR) is 248 cm³/mol. The second-order valence-electron chi connectivity index (χ2n) is 18.7. The predicted octanol–water partition coefficient (Wildman–Crippen LogP) is 3.58. The second kappa shape index (κ2) is 26.2. The Kier molecular flexibility index (Phi) is 21.9. The van der Waals surface area contributed by atoms with Gasteiger partial charge >= 0.3 is 5.97 Å². The molecule has 1 saturated heterocycles. The van der Waals surface area contributed by atoms with E-state index in [9.17, 15) is 38.4 Å².